The number of carbonyl (C=O) groups is 2. The summed E-state index contributed by atoms with van der Waals surface area (Å²) in [5, 5.41) is 0. The molecule has 1 aliphatic rings. The van der Waals surface area contributed by atoms with E-state index in [1.165, 1.54) is 6.07 Å². The van der Waals surface area contributed by atoms with Gasteiger partial charge in [0.2, 0.25) is 0 Å². The predicted octanol–water partition coefficient (Wildman–Crippen LogP) is 2.85. The third-order valence-electron chi connectivity index (χ3n) is 3.90. The van der Waals surface area contributed by atoms with Crippen molar-refractivity contribution >= 4 is 12.2 Å². The molecule has 0 N–H and O–H groups in total. The van der Waals surface area contributed by atoms with Crippen molar-refractivity contribution < 1.29 is 18.7 Å². The number of amides is 1. The molecular weight excluding hydrogens is 297 g/mol. The molecule has 0 saturated carbocycles. The fourth-order valence-corrected chi connectivity index (χ4v) is 2.64. The van der Waals surface area contributed by atoms with E-state index in [-0.39, 0.29) is 11.7 Å². The first-order valence-corrected chi connectivity index (χ1v) is 7.39. The number of aldehydes is 1. The molecule has 1 fully saturated rings. The number of halogens is 1. The lowest BCUT2D eigenvalue weighted by atomic mass is 10.1. The number of carbonyl (C=O) groups excluding carboxylic acids is 2. The van der Waals surface area contributed by atoms with Crippen molar-refractivity contribution in [2.24, 2.45) is 0 Å². The molecule has 3 rings (SSSR count). The van der Waals surface area contributed by atoms with Crippen LogP contribution >= 0.6 is 0 Å². The molecule has 4 nitrogen and oxygen atoms in total. The summed E-state index contributed by atoms with van der Waals surface area (Å²) < 4.78 is 19.5. The summed E-state index contributed by atoms with van der Waals surface area (Å²) in [5.41, 5.74) is 1.49. The normalized spacial score (nSPS) is 17.8. The molecule has 23 heavy (non-hydrogen) atoms. The number of hydrogen-bond acceptors (Lipinski definition) is 3. The number of rotatable bonds is 3. The summed E-state index contributed by atoms with van der Waals surface area (Å²) in [6.45, 7) is 1.12. The van der Waals surface area contributed by atoms with Crippen LogP contribution in [0.15, 0.2) is 48.5 Å². The van der Waals surface area contributed by atoms with Crippen molar-refractivity contribution in [2.75, 3.05) is 19.7 Å². The Labute approximate surface area is 133 Å². The SMILES string of the molecule is O=Cc1ccc(C(=O)N2CCOC(c3ccccc3F)C2)cc1. The topological polar surface area (TPSA) is 46.6 Å². The maximum Gasteiger partial charge on any atom is 0.254 e. The maximum absolute atomic E-state index is 13.9. The Balaban J connectivity index is 1.76. The number of ether oxygens (including phenoxy) is 1. The number of hydrogen-bond donors (Lipinski definition) is 0. The highest BCUT2D eigenvalue weighted by atomic mass is 19.1. The van der Waals surface area contributed by atoms with Crippen molar-refractivity contribution in [3.05, 3.63) is 71.0 Å². The van der Waals surface area contributed by atoms with Crippen LogP contribution < -0.4 is 0 Å². The largest absolute Gasteiger partial charge is 0.370 e. The first kappa shape index (κ1) is 15.4. The van der Waals surface area contributed by atoms with Crippen LogP contribution in [0.1, 0.15) is 32.4 Å². The molecule has 5 heteroatoms. The molecular formula is C18H16FNO3. The minimum Gasteiger partial charge on any atom is -0.370 e. The fourth-order valence-electron chi connectivity index (χ4n) is 2.64. The molecule has 1 unspecified atom stereocenters. The fraction of sp³-hybridized carbons (Fsp3) is 0.222. The van der Waals surface area contributed by atoms with E-state index in [9.17, 15) is 14.0 Å². The van der Waals surface area contributed by atoms with E-state index in [4.69, 9.17) is 4.74 Å². The van der Waals surface area contributed by atoms with Crippen LogP contribution in [0.4, 0.5) is 4.39 Å². The smallest absolute Gasteiger partial charge is 0.254 e. The molecule has 1 saturated heterocycles. The van der Waals surface area contributed by atoms with Crippen molar-refractivity contribution in [1.29, 1.82) is 0 Å². The van der Waals surface area contributed by atoms with Gasteiger partial charge >= 0.3 is 0 Å². The van der Waals surface area contributed by atoms with E-state index < -0.39 is 6.10 Å². The van der Waals surface area contributed by atoms with E-state index in [1.807, 2.05) is 0 Å². The minimum atomic E-state index is -0.469. The van der Waals surface area contributed by atoms with E-state index in [0.717, 1.165) is 6.29 Å². The van der Waals surface area contributed by atoms with Crippen LogP contribution in [-0.2, 0) is 4.74 Å². The number of nitrogens with zero attached hydrogens (tertiary/aromatic N) is 1. The highest BCUT2D eigenvalue weighted by Crippen LogP contribution is 2.25. The Hall–Kier alpha value is -2.53. The zero-order valence-corrected chi connectivity index (χ0v) is 12.4. The van der Waals surface area contributed by atoms with Gasteiger partial charge in [0, 0.05) is 23.2 Å². The Morgan fingerprint density at radius 1 is 1.17 bits per heavy atom. The molecule has 2 aromatic carbocycles. The Morgan fingerprint density at radius 2 is 1.91 bits per heavy atom. The van der Waals surface area contributed by atoms with Gasteiger partial charge in [-0.25, -0.2) is 4.39 Å². The van der Waals surface area contributed by atoms with Crippen LogP contribution in [0, 0.1) is 5.82 Å². The lowest BCUT2D eigenvalue weighted by molar-refractivity contribution is -0.0243. The number of morpholine rings is 1. The molecule has 1 amide bonds. The van der Waals surface area contributed by atoms with Gasteiger partial charge in [0.05, 0.1) is 13.2 Å². The standard InChI is InChI=1S/C18H16FNO3/c19-16-4-2-1-3-15(16)17-11-20(9-10-23-17)18(22)14-7-5-13(12-21)6-8-14/h1-8,12,17H,9-11H2. The second kappa shape index (κ2) is 6.71. The van der Waals surface area contributed by atoms with Gasteiger partial charge in [-0.1, -0.05) is 30.3 Å². The summed E-state index contributed by atoms with van der Waals surface area (Å²) in [6.07, 6.45) is 0.264. The highest BCUT2D eigenvalue weighted by Gasteiger charge is 2.27. The molecule has 1 aliphatic heterocycles. The molecule has 0 bridgehead atoms. The Morgan fingerprint density at radius 3 is 2.61 bits per heavy atom. The average molecular weight is 313 g/mol. The summed E-state index contributed by atoms with van der Waals surface area (Å²) in [5.74, 6) is -0.478. The molecule has 2 aromatic rings. The van der Waals surface area contributed by atoms with Gasteiger partial charge in [0.25, 0.3) is 5.91 Å². The minimum absolute atomic E-state index is 0.146. The lowest BCUT2D eigenvalue weighted by Crippen LogP contribution is -2.42. The van der Waals surface area contributed by atoms with E-state index in [0.29, 0.717) is 36.4 Å². The molecule has 118 valence electrons. The predicted molar refractivity (Wildman–Crippen MR) is 82.8 cm³/mol. The Bertz CT molecular complexity index is 714. The second-order valence-corrected chi connectivity index (χ2v) is 5.37. The van der Waals surface area contributed by atoms with Gasteiger partial charge in [0.1, 0.15) is 18.2 Å². The summed E-state index contributed by atoms with van der Waals surface area (Å²) in [7, 11) is 0. The molecule has 0 aliphatic carbocycles. The summed E-state index contributed by atoms with van der Waals surface area (Å²) >= 11 is 0. The molecule has 1 atom stereocenters. The van der Waals surface area contributed by atoms with Gasteiger partial charge in [-0.3, -0.25) is 9.59 Å². The molecule has 0 radical (unpaired) electrons. The van der Waals surface area contributed by atoms with Crippen molar-refractivity contribution in [2.45, 2.75) is 6.10 Å². The monoisotopic (exact) mass is 313 g/mol. The molecule has 0 spiro atoms. The number of benzene rings is 2. The third-order valence-corrected chi connectivity index (χ3v) is 3.90. The lowest BCUT2D eigenvalue weighted by Gasteiger charge is -2.33. The first-order valence-electron chi connectivity index (χ1n) is 7.39. The zero-order chi connectivity index (χ0) is 16.2. The van der Waals surface area contributed by atoms with Crippen LogP contribution in [0.2, 0.25) is 0 Å². The third kappa shape index (κ3) is 3.29. The average Bonchev–Trinajstić information content (AvgIpc) is 2.62. The summed E-state index contributed by atoms with van der Waals surface area (Å²) in [6, 6.07) is 12.9. The van der Waals surface area contributed by atoms with Gasteiger partial charge in [-0.05, 0) is 18.2 Å². The molecule has 1 heterocycles. The second-order valence-electron chi connectivity index (χ2n) is 5.37. The Kier molecular flexibility index (Phi) is 4.48. The van der Waals surface area contributed by atoms with E-state index in [2.05, 4.69) is 0 Å². The van der Waals surface area contributed by atoms with Gasteiger partial charge in [0.15, 0.2) is 0 Å². The van der Waals surface area contributed by atoms with Crippen LogP contribution in [0.3, 0.4) is 0 Å². The highest BCUT2D eigenvalue weighted by molar-refractivity contribution is 5.95. The van der Waals surface area contributed by atoms with Gasteiger partial charge in [-0.15, -0.1) is 0 Å². The van der Waals surface area contributed by atoms with Crippen LogP contribution in [0.5, 0.6) is 0 Å². The molecule has 0 aromatic heterocycles. The first-order chi connectivity index (χ1) is 11.2. The zero-order valence-electron chi connectivity index (χ0n) is 12.4. The maximum atomic E-state index is 13.9. The quantitative estimate of drug-likeness (QED) is 0.819. The van der Waals surface area contributed by atoms with Crippen molar-refractivity contribution in [3.63, 3.8) is 0 Å². The van der Waals surface area contributed by atoms with Crippen molar-refractivity contribution in [3.8, 4) is 0 Å². The van der Waals surface area contributed by atoms with E-state index in [1.54, 1.807) is 47.4 Å². The van der Waals surface area contributed by atoms with Crippen LogP contribution in [0.25, 0.3) is 0 Å². The van der Waals surface area contributed by atoms with Crippen molar-refractivity contribution in [1.82, 2.24) is 4.90 Å². The van der Waals surface area contributed by atoms with E-state index >= 15 is 0 Å². The van der Waals surface area contributed by atoms with Gasteiger partial charge < -0.3 is 9.64 Å². The van der Waals surface area contributed by atoms with Crippen LogP contribution in [-0.4, -0.2) is 36.8 Å². The van der Waals surface area contributed by atoms with Gasteiger partial charge in [-0.2, -0.15) is 0 Å². The summed E-state index contributed by atoms with van der Waals surface area (Å²) in [4.78, 5) is 24.9.